The van der Waals surface area contributed by atoms with Crippen LogP contribution in [0.2, 0.25) is 5.02 Å². The third-order valence-electron chi connectivity index (χ3n) is 4.32. The molecule has 0 N–H and O–H groups in total. The van der Waals surface area contributed by atoms with E-state index in [0.29, 0.717) is 16.3 Å². The highest BCUT2D eigenvalue weighted by Gasteiger charge is 2.38. The Morgan fingerprint density at radius 1 is 1.12 bits per heavy atom. The van der Waals surface area contributed by atoms with E-state index in [2.05, 4.69) is 0 Å². The molecular formula is C20H18ClNO4. The number of ether oxygens (including phenoxy) is 1. The van der Waals surface area contributed by atoms with Crippen LogP contribution >= 0.6 is 11.6 Å². The Morgan fingerprint density at radius 3 is 2.46 bits per heavy atom. The van der Waals surface area contributed by atoms with E-state index in [1.54, 1.807) is 54.6 Å². The van der Waals surface area contributed by atoms with Crippen molar-refractivity contribution >= 4 is 34.9 Å². The molecule has 26 heavy (non-hydrogen) atoms. The molecule has 2 atom stereocenters. The Morgan fingerprint density at radius 2 is 1.77 bits per heavy atom. The highest BCUT2D eigenvalue weighted by atomic mass is 35.5. The third-order valence-corrected chi connectivity index (χ3v) is 4.64. The molecule has 0 unspecified atom stereocenters. The van der Waals surface area contributed by atoms with Crippen LogP contribution < -0.4 is 4.90 Å². The van der Waals surface area contributed by atoms with Gasteiger partial charge in [0.25, 0.3) is 0 Å². The third kappa shape index (κ3) is 3.78. The van der Waals surface area contributed by atoms with Crippen LogP contribution in [0, 0.1) is 5.92 Å². The topological polar surface area (TPSA) is 63.7 Å². The molecule has 1 amide bonds. The molecule has 134 valence electrons. The van der Waals surface area contributed by atoms with Gasteiger partial charge in [0, 0.05) is 18.5 Å². The van der Waals surface area contributed by atoms with Crippen molar-refractivity contribution in [1.29, 1.82) is 0 Å². The van der Waals surface area contributed by atoms with Crippen LogP contribution in [0.3, 0.4) is 0 Å². The summed E-state index contributed by atoms with van der Waals surface area (Å²) in [7, 11) is 0. The van der Waals surface area contributed by atoms with Gasteiger partial charge in [-0.1, -0.05) is 54.1 Å². The first kappa shape index (κ1) is 18.1. The van der Waals surface area contributed by atoms with Crippen LogP contribution in [0.15, 0.2) is 54.6 Å². The molecule has 1 aliphatic heterocycles. The van der Waals surface area contributed by atoms with Crippen molar-refractivity contribution < 1.29 is 19.1 Å². The first-order valence-electron chi connectivity index (χ1n) is 8.32. The van der Waals surface area contributed by atoms with Gasteiger partial charge in [-0.15, -0.1) is 0 Å². The standard InChI is InChI=1S/C20H18ClNO4/c1-13(19(24)14-7-3-2-4-8-14)26-20(25)15-11-18(23)22(12-15)17-10-6-5-9-16(17)21/h2-10,13,15H,11-12H2,1H3/t13-,15+/m0/s1. The fraction of sp³-hybridized carbons (Fsp3) is 0.250. The predicted octanol–water partition coefficient (Wildman–Crippen LogP) is 3.51. The quantitative estimate of drug-likeness (QED) is 0.596. The fourth-order valence-corrected chi connectivity index (χ4v) is 3.17. The second-order valence-corrected chi connectivity index (χ2v) is 6.57. The molecule has 2 aromatic carbocycles. The number of halogens is 1. The van der Waals surface area contributed by atoms with Gasteiger partial charge in [0.1, 0.15) is 0 Å². The molecule has 0 aromatic heterocycles. The lowest BCUT2D eigenvalue weighted by molar-refractivity contribution is -0.151. The molecule has 1 saturated heterocycles. The normalized spacial score (nSPS) is 17.8. The Bertz CT molecular complexity index is 837. The number of benzene rings is 2. The molecular weight excluding hydrogens is 354 g/mol. The molecule has 0 saturated carbocycles. The van der Waals surface area contributed by atoms with Gasteiger partial charge in [0.15, 0.2) is 6.10 Å². The van der Waals surface area contributed by atoms with Gasteiger partial charge in [0.05, 0.1) is 16.6 Å². The maximum Gasteiger partial charge on any atom is 0.312 e. The second kappa shape index (κ2) is 7.70. The highest BCUT2D eigenvalue weighted by molar-refractivity contribution is 6.33. The first-order valence-corrected chi connectivity index (χ1v) is 8.70. The van der Waals surface area contributed by atoms with Gasteiger partial charge in [-0.2, -0.15) is 0 Å². The van der Waals surface area contributed by atoms with E-state index in [-0.39, 0.29) is 24.7 Å². The zero-order valence-electron chi connectivity index (χ0n) is 14.2. The van der Waals surface area contributed by atoms with Crippen LogP contribution in [0.25, 0.3) is 0 Å². The summed E-state index contributed by atoms with van der Waals surface area (Å²) in [5.41, 5.74) is 1.05. The average Bonchev–Trinajstić information content (AvgIpc) is 3.04. The maximum absolute atomic E-state index is 12.4. The lowest BCUT2D eigenvalue weighted by Gasteiger charge is -2.18. The van der Waals surface area contributed by atoms with E-state index in [1.165, 1.54) is 11.8 Å². The number of anilines is 1. The van der Waals surface area contributed by atoms with Crippen molar-refractivity contribution in [2.24, 2.45) is 5.92 Å². The number of hydrogen-bond donors (Lipinski definition) is 0. The van der Waals surface area contributed by atoms with Crippen LogP contribution in [0.4, 0.5) is 5.69 Å². The zero-order valence-corrected chi connectivity index (χ0v) is 15.0. The average molecular weight is 372 g/mol. The zero-order chi connectivity index (χ0) is 18.7. The van der Waals surface area contributed by atoms with Crippen molar-refractivity contribution in [1.82, 2.24) is 0 Å². The molecule has 1 heterocycles. The van der Waals surface area contributed by atoms with E-state index in [0.717, 1.165) is 0 Å². The van der Waals surface area contributed by atoms with E-state index >= 15 is 0 Å². The van der Waals surface area contributed by atoms with Crippen molar-refractivity contribution in [2.75, 3.05) is 11.4 Å². The fourth-order valence-electron chi connectivity index (χ4n) is 2.93. The van der Waals surface area contributed by atoms with Crippen molar-refractivity contribution in [3.8, 4) is 0 Å². The summed E-state index contributed by atoms with van der Waals surface area (Å²) in [5, 5.41) is 0.447. The van der Waals surface area contributed by atoms with E-state index in [4.69, 9.17) is 16.3 Å². The van der Waals surface area contributed by atoms with Crippen LogP contribution in [0.5, 0.6) is 0 Å². The number of amides is 1. The van der Waals surface area contributed by atoms with Gasteiger partial charge >= 0.3 is 5.97 Å². The largest absolute Gasteiger partial charge is 0.454 e. The molecule has 5 nitrogen and oxygen atoms in total. The highest BCUT2D eigenvalue weighted by Crippen LogP contribution is 2.31. The molecule has 0 spiro atoms. The molecule has 3 rings (SSSR count). The number of esters is 1. The number of carbonyl (C=O) groups is 3. The van der Waals surface area contributed by atoms with Crippen LogP contribution in [-0.4, -0.2) is 30.3 Å². The molecule has 1 fully saturated rings. The van der Waals surface area contributed by atoms with Crippen molar-refractivity contribution in [3.05, 3.63) is 65.2 Å². The Balaban J connectivity index is 1.65. The number of hydrogen-bond acceptors (Lipinski definition) is 4. The summed E-state index contributed by atoms with van der Waals surface area (Å²) in [6.45, 7) is 1.73. The smallest absolute Gasteiger partial charge is 0.312 e. The maximum atomic E-state index is 12.4. The first-order chi connectivity index (χ1) is 12.5. The van der Waals surface area contributed by atoms with Crippen molar-refractivity contribution in [2.45, 2.75) is 19.4 Å². The molecule has 2 aromatic rings. The monoisotopic (exact) mass is 371 g/mol. The van der Waals surface area contributed by atoms with Gasteiger partial charge in [-0.25, -0.2) is 0 Å². The lowest BCUT2D eigenvalue weighted by atomic mass is 10.1. The molecule has 0 radical (unpaired) electrons. The minimum atomic E-state index is -0.908. The number of nitrogens with zero attached hydrogens (tertiary/aromatic N) is 1. The minimum absolute atomic E-state index is 0.0380. The van der Waals surface area contributed by atoms with Gasteiger partial charge < -0.3 is 9.64 Å². The van der Waals surface area contributed by atoms with E-state index in [9.17, 15) is 14.4 Å². The SMILES string of the molecule is C[C@H](OC(=O)[C@@H]1CC(=O)N(c2ccccc2Cl)C1)C(=O)c1ccccc1. The van der Waals surface area contributed by atoms with Gasteiger partial charge in [0.2, 0.25) is 11.7 Å². The minimum Gasteiger partial charge on any atom is -0.454 e. The van der Waals surface area contributed by atoms with E-state index < -0.39 is 18.0 Å². The number of Topliss-reactive ketones (excluding diaryl/α,β-unsaturated/α-hetero) is 1. The van der Waals surface area contributed by atoms with Gasteiger partial charge in [-0.3, -0.25) is 14.4 Å². The second-order valence-electron chi connectivity index (χ2n) is 6.17. The number of carbonyl (C=O) groups excluding carboxylic acids is 3. The molecule has 0 bridgehead atoms. The number of para-hydroxylation sites is 1. The van der Waals surface area contributed by atoms with Crippen molar-refractivity contribution in [3.63, 3.8) is 0 Å². The summed E-state index contributed by atoms with van der Waals surface area (Å²) in [6, 6.07) is 15.6. The Hall–Kier alpha value is -2.66. The summed E-state index contributed by atoms with van der Waals surface area (Å²) in [6.07, 6.45) is -0.870. The predicted molar refractivity (Wildman–Crippen MR) is 98.2 cm³/mol. The van der Waals surface area contributed by atoms with E-state index in [1.807, 2.05) is 0 Å². The van der Waals surface area contributed by atoms with Crippen LogP contribution in [-0.2, 0) is 14.3 Å². The van der Waals surface area contributed by atoms with Gasteiger partial charge in [-0.05, 0) is 19.1 Å². The summed E-state index contributed by atoms with van der Waals surface area (Å²) in [5.74, 6) is -1.64. The summed E-state index contributed by atoms with van der Waals surface area (Å²) < 4.78 is 5.31. The molecule has 6 heteroatoms. The molecule has 0 aliphatic carbocycles. The Labute approximate surface area is 156 Å². The summed E-state index contributed by atoms with van der Waals surface area (Å²) in [4.78, 5) is 38.5. The Kier molecular flexibility index (Phi) is 5.38. The number of ketones is 1. The van der Waals surface area contributed by atoms with Crippen LogP contribution in [0.1, 0.15) is 23.7 Å². The lowest BCUT2D eigenvalue weighted by Crippen LogP contribution is -2.30. The molecule has 1 aliphatic rings. The summed E-state index contributed by atoms with van der Waals surface area (Å²) >= 11 is 6.14. The number of rotatable bonds is 5.